The SMILES string of the molecule is Cc1ccc(C(=O)NCCCCC(C)C)c(F)c1. The Balaban J connectivity index is 2.36. The van der Waals surface area contributed by atoms with Gasteiger partial charge < -0.3 is 5.32 Å². The summed E-state index contributed by atoms with van der Waals surface area (Å²) in [7, 11) is 0. The lowest BCUT2D eigenvalue weighted by Gasteiger charge is -2.07. The van der Waals surface area contributed by atoms with Crippen molar-refractivity contribution in [3.8, 4) is 0 Å². The monoisotopic (exact) mass is 251 g/mol. The summed E-state index contributed by atoms with van der Waals surface area (Å²) in [6.07, 6.45) is 3.19. The predicted octanol–water partition coefficient (Wildman–Crippen LogP) is 3.69. The van der Waals surface area contributed by atoms with Crippen molar-refractivity contribution in [3.05, 3.63) is 35.1 Å². The molecule has 0 aliphatic heterocycles. The van der Waals surface area contributed by atoms with Crippen molar-refractivity contribution in [2.75, 3.05) is 6.54 Å². The third-order valence-electron chi connectivity index (χ3n) is 2.86. The van der Waals surface area contributed by atoms with Crippen LogP contribution in [0, 0.1) is 18.7 Å². The molecule has 3 heteroatoms. The zero-order valence-electron chi connectivity index (χ0n) is 11.4. The zero-order chi connectivity index (χ0) is 13.5. The van der Waals surface area contributed by atoms with E-state index in [1.165, 1.54) is 12.1 Å². The maximum Gasteiger partial charge on any atom is 0.254 e. The Hall–Kier alpha value is -1.38. The van der Waals surface area contributed by atoms with Gasteiger partial charge in [0.15, 0.2) is 0 Å². The predicted molar refractivity (Wildman–Crippen MR) is 72.2 cm³/mol. The summed E-state index contributed by atoms with van der Waals surface area (Å²) in [6.45, 7) is 6.77. The van der Waals surface area contributed by atoms with Crippen LogP contribution in [-0.4, -0.2) is 12.5 Å². The number of hydrogen-bond acceptors (Lipinski definition) is 1. The highest BCUT2D eigenvalue weighted by Crippen LogP contribution is 2.10. The first-order chi connectivity index (χ1) is 8.50. The van der Waals surface area contributed by atoms with E-state index in [1.807, 2.05) is 0 Å². The minimum absolute atomic E-state index is 0.129. The molecule has 0 bridgehead atoms. The molecule has 18 heavy (non-hydrogen) atoms. The minimum Gasteiger partial charge on any atom is -0.352 e. The van der Waals surface area contributed by atoms with E-state index in [0.717, 1.165) is 24.8 Å². The van der Waals surface area contributed by atoms with E-state index in [9.17, 15) is 9.18 Å². The Kier molecular flexibility index (Phi) is 5.83. The largest absolute Gasteiger partial charge is 0.352 e. The van der Waals surface area contributed by atoms with Crippen LogP contribution < -0.4 is 5.32 Å². The van der Waals surface area contributed by atoms with E-state index < -0.39 is 5.82 Å². The molecule has 2 nitrogen and oxygen atoms in total. The van der Waals surface area contributed by atoms with Crippen LogP contribution in [0.15, 0.2) is 18.2 Å². The van der Waals surface area contributed by atoms with Crippen LogP contribution in [0.5, 0.6) is 0 Å². The number of nitrogens with one attached hydrogen (secondary N) is 1. The maximum atomic E-state index is 13.5. The summed E-state index contributed by atoms with van der Waals surface area (Å²) in [5.74, 6) is -0.0815. The Morgan fingerprint density at radius 2 is 2.06 bits per heavy atom. The van der Waals surface area contributed by atoms with Crippen molar-refractivity contribution in [1.82, 2.24) is 5.32 Å². The average Bonchev–Trinajstić information content (AvgIpc) is 2.27. The first-order valence-electron chi connectivity index (χ1n) is 6.55. The standard InChI is InChI=1S/C15H22FNO/c1-11(2)6-4-5-9-17-15(18)13-8-7-12(3)10-14(13)16/h7-8,10-11H,4-6,9H2,1-3H3,(H,17,18). The number of rotatable bonds is 6. The van der Waals surface area contributed by atoms with Crippen molar-refractivity contribution in [2.45, 2.75) is 40.0 Å². The second-order valence-electron chi connectivity index (χ2n) is 5.13. The molecule has 1 N–H and O–H groups in total. The lowest BCUT2D eigenvalue weighted by molar-refractivity contribution is 0.0949. The second-order valence-corrected chi connectivity index (χ2v) is 5.13. The molecule has 0 saturated heterocycles. The van der Waals surface area contributed by atoms with E-state index >= 15 is 0 Å². The quantitative estimate of drug-likeness (QED) is 0.768. The lowest BCUT2D eigenvalue weighted by atomic mass is 10.1. The fourth-order valence-electron chi connectivity index (χ4n) is 1.78. The van der Waals surface area contributed by atoms with Gasteiger partial charge in [0.25, 0.3) is 5.91 Å². The van der Waals surface area contributed by atoms with E-state index in [-0.39, 0.29) is 11.5 Å². The molecule has 0 aliphatic rings. The highest BCUT2D eigenvalue weighted by molar-refractivity contribution is 5.94. The average molecular weight is 251 g/mol. The van der Waals surface area contributed by atoms with E-state index in [1.54, 1.807) is 13.0 Å². The van der Waals surface area contributed by atoms with Crippen LogP contribution >= 0.6 is 0 Å². The summed E-state index contributed by atoms with van der Waals surface area (Å²) in [6, 6.07) is 4.67. The van der Waals surface area contributed by atoms with Crippen LogP contribution in [-0.2, 0) is 0 Å². The Morgan fingerprint density at radius 3 is 2.67 bits per heavy atom. The lowest BCUT2D eigenvalue weighted by Crippen LogP contribution is -2.25. The van der Waals surface area contributed by atoms with Gasteiger partial charge in [0.05, 0.1) is 5.56 Å². The highest BCUT2D eigenvalue weighted by atomic mass is 19.1. The van der Waals surface area contributed by atoms with Crippen molar-refractivity contribution < 1.29 is 9.18 Å². The van der Waals surface area contributed by atoms with Gasteiger partial charge in [0, 0.05) is 6.54 Å². The summed E-state index contributed by atoms with van der Waals surface area (Å²) in [5.41, 5.74) is 0.949. The number of amides is 1. The molecule has 0 unspecified atom stereocenters. The van der Waals surface area contributed by atoms with Crippen molar-refractivity contribution in [1.29, 1.82) is 0 Å². The molecule has 0 radical (unpaired) electrons. The summed E-state index contributed by atoms with van der Waals surface area (Å²) >= 11 is 0. The first-order valence-corrected chi connectivity index (χ1v) is 6.55. The first kappa shape index (κ1) is 14.7. The maximum absolute atomic E-state index is 13.5. The third kappa shape index (κ3) is 4.86. The smallest absolute Gasteiger partial charge is 0.254 e. The third-order valence-corrected chi connectivity index (χ3v) is 2.86. The van der Waals surface area contributed by atoms with Gasteiger partial charge in [-0.15, -0.1) is 0 Å². The van der Waals surface area contributed by atoms with Gasteiger partial charge in [-0.05, 0) is 37.0 Å². The van der Waals surface area contributed by atoms with E-state index in [4.69, 9.17) is 0 Å². The van der Waals surface area contributed by atoms with Crippen LogP contribution in [0.25, 0.3) is 0 Å². The summed E-state index contributed by atoms with van der Waals surface area (Å²) < 4.78 is 13.5. The molecule has 1 aromatic rings. The molecular formula is C15H22FNO. The highest BCUT2D eigenvalue weighted by Gasteiger charge is 2.10. The van der Waals surface area contributed by atoms with Crippen LogP contribution in [0.3, 0.4) is 0 Å². The molecule has 0 spiro atoms. The van der Waals surface area contributed by atoms with Crippen LogP contribution in [0.1, 0.15) is 49.0 Å². The molecule has 1 amide bonds. The van der Waals surface area contributed by atoms with Crippen molar-refractivity contribution in [3.63, 3.8) is 0 Å². The number of aryl methyl sites for hydroxylation is 1. The van der Waals surface area contributed by atoms with Gasteiger partial charge in [0.2, 0.25) is 0 Å². The topological polar surface area (TPSA) is 29.1 Å². The molecule has 0 fully saturated rings. The summed E-state index contributed by atoms with van der Waals surface area (Å²) in [5, 5.41) is 2.75. The van der Waals surface area contributed by atoms with Gasteiger partial charge in [-0.2, -0.15) is 0 Å². The molecule has 1 rings (SSSR count). The Bertz CT molecular complexity index is 401. The van der Waals surface area contributed by atoms with Gasteiger partial charge in [-0.25, -0.2) is 4.39 Å². The number of halogens is 1. The summed E-state index contributed by atoms with van der Waals surface area (Å²) in [4.78, 5) is 11.7. The molecule has 0 heterocycles. The zero-order valence-corrected chi connectivity index (χ0v) is 11.4. The number of carbonyl (C=O) groups is 1. The molecule has 0 aliphatic carbocycles. The van der Waals surface area contributed by atoms with Gasteiger partial charge in [0.1, 0.15) is 5.82 Å². The van der Waals surface area contributed by atoms with Crippen molar-refractivity contribution in [2.24, 2.45) is 5.92 Å². The van der Waals surface area contributed by atoms with Gasteiger partial charge >= 0.3 is 0 Å². The van der Waals surface area contributed by atoms with E-state index in [2.05, 4.69) is 19.2 Å². The van der Waals surface area contributed by atoms with Crippen LogP contribution in [0.2, 0.25) is 0 Å². The fourth-order valence-corrected chi connectivity index (χ4v) is 1.78. The van der Waals surface area contributed by atoms with Crippen LogP contribution in [0.4, 0.5) is 4.39 Å². The molecule has 0 atom stereocenters. The molecular weight excluding hydrogens is 229 g/mol. The molecule has 1 aromatic carbocycles. The molecule has 0 saturated carbocycles. The van der Waals surface area contributed by atoms with Gasteiger partial charge in [-0.3, -0.25) is 4.79 Å². The molecule has 100 valence electrons. The number of benzene rings is 1. The Labute approximate surface area is 109 Å². The Morgan fingerprint density at radius 1 is 1.33 bits per heavy atom. The second kappa shape index (κ2) is 7.14. The van der Waals surface area contributed by atoms with E-state index in [0.29, 0.717) is 12.5 Å². The minimum atomic E-state index is -0.449. The normalized spacial score (nSPS) is 10.7. The number of unbranched alkanes of at least 4 members (excludes halogenated alkanes) is 1. The fraction of sp³-hybridized carbons (Fsp3) is 0.533. The molecule has 0 aromatic heterocycles. The number of carbonyl (C=O) groups excluding carboxylic acids is 1. The van der Waals surface area contributed by atoms with Crippen molar-refractivity contribution >= 4 is 5.91 Å². The number of hydrogen-bond donors (Lipinski definition) is 1. The van der Waals surface area contributed by atoms with Gasteiger partial charge in [-0.1, -0.05) is 32.8 Å².